The zero-order chi connectivity index (χ0) is 15.5. The summed E-state index contributed by atoms with van der Waals surface area (Å²) in [6.45, 7) is 4.10. The van der Waals surface area contributed by atoms with Crippen LogP contribution in [0.5, 0.6) is 0 Å². The predicted molar refractivity (Wildman–Crippen MR) is 86.5 cm³/mol. The number of carbonyl (C=O) groups excluding carboxylic acids is 2. The van der Waals surface area contributed by atoms with Crippen LogP contribution in [0.1, 0.15) is 12.5 Å². The minimum Gasteiger partial charge on any atom is -0.339 e. The zero-order valence-electron chi connectivity index (χ0n) is 12.8. The number of hydrogen-bond donors (Lipinski definition) is 0. The van der Waals surface area contributed by atoms with E-state index in [1.807, 2.05) is 29.2 Å². The highest BCUT2D eigenvalue weighted by molar-refractivity contribution is 5.90. The van der Waals surface area contributed by atoms with Crippen LogP contribution in [0.3, 0.4) is 0 Å². The van der Waals surface area contributed by atoms with Gasteiger partial charge in [0.05, 0.1) is 6.42 Å². The van der Waals surface area contributed by atoms with E-state index in [0.717, 1.165) is 16.3 Å². The van der Waals surface area contributed by atoms with Gasteiger partial charge in [-0.2, -0.15) is 0 Å². The first-order valence-electron chi connectivity index (χ1n) is 7.65. The Morgan fingerprint density at radius 3 is 2.27 bits per heavy atom. The second-order valence-corrected chi connectivity index (χ2v) is 5.70. The van der Waals surface area contributed by atoms with Crippen LogP contribution in [-0.4, -0.2) is 47.8 Å². The van der Waals surface area contributed by atoms with E-state index in [0.29, 0.717) is 32.6 Å². The fraction of sp³-hybridized carbons (Fsp3) is 0.333. The van der Waals surface area contributed by atoms with E-state index < -0.39 is 0 Å². The van der Waals surface area contributed by atoms with Gasteiger partial charge < -0.3 is 9.80 Å². The van der Waals surface area contributed by atoms with Crippen molar-refractivity contribution in [3.8, 4) is 0 Å². The third kappa shape index (κ3) is 2.96. The molecule has 3 rings (SSSR count). The zero-order valence-corrected chi connectivity index (χ0v) is 12.8. The third-order valence-corrected chi connectivity index (χ3v) is 4.30. The van der Waals surface area contributed by atoms with E-state index in [4.69, 9.17) is 0 Å². The van der Waals surface area contributed by atoms with Gasteiger partial charge in [-0.1, -0.05) is 42.5 Å². The Bertz CT molecular complexity index is 698. The minimum absolute atomic E-state index is 0.0844. The molecule has 4 heteroatoms. The largest absolute Gasteiger partial charge is 0.339 e. The fourth-order valence-corrected chi connectivity index (χ4v) is 2.99. The topological polar surface area (TPSA) is 40.6 Å². The fourth-order valence-electron chi connectivity index (χ4n) is 2.99. The lowest BCUT2D eigenvalue weighted by atomic mass is 10.0. The van der Waals surface area contributed by atoms with Crippen molar-refractivity contribution < 1.29 is 9.59 Å². The molecular weight excluding hydrogens is 276 g/mol. The number of carbonyl (C=O) groups is 2. The van der Waals surface area contributed by atoms with Crippen molar-refractivity contribution in [2.24, 2.45) is 0 Å². The molecule has 0 unspecified atom stereocenters. The molecule has 1 fully saturated rings. The maximum Gasteiger partial charge on any atom is 0.227 e. The van der Waals surface area contributed by atoms with Crippen molar-refractivity contribution in [3.63, 3.8) is 0 Å². The summed E-state index contributed by atoms with van der Waals surface area (Å²) in [4.78, 5) is 27.5. The van der Waals surface area contributed by atoms with Crippen LogP contribution in [0.2, 0.25) is 0 Å². The van der Waals surface area contributed by atoms with Crippen molar-refractivity contribution in [2.45, 2.75) is 13.3 Å². The molecular formula is C18H20N2O2. The lowest BCUT2D eigenvalue weighted by molar-refractivity contribution is -0.137. The van der Waals surface area contributed by atoms with Gasteiger partial charge in [0.25, 0.3) is 0 Å². The standard InChI is InChI=1S/C18H20N2O2/c1-14(21)19-9-11-20(12-10-19)18(22)13-16-7-4-6-15-5-2-3-8-17(15)16/h2-8H,9-13H2,1H3. The summed E-state index contributed by atoms with van der Waals surface area (Å²) in [6.07, 6.45) is 0.418. The quantitative estimate of drug-likeness (QED) is 0.851. The Morgan fingerprint density at radius 2 is 1.55 bits per heavy atom. The molecule has 2 amide bonds. The van der Waals surface area contributed by atoms with Gasteiger partial charge in [0.2, 0.25) is 11.8 Å². The van der Waals surface area contributed by atoms with Crippen molar-refractivity contribution in [1.29, 1.82) is 0 Å². The summed E-state index contributed by atoms with van der Waals surface area (Å²) in [5.41, 5.74) is 1.07. The molecule has 2 aromatic carbocycles. The van der Waals surface area contributed by atoms with Crippen LogP contribution in [0.25, 0.3) is 10.8 Å². The molecule has 22 heavy (non-hydrogen) atoms. The van der Waals surface area contributed by atoms with Gasteiger partial charge in [-0.25, -0.2) is 0 Å². The van der Waals surface area contributed by atoms with Crippen molar-refractivity contribution in [2.75, 3.05) is 26.2 Å². The average molecular weight is 296 g/mol. The van der Waals surface area contributed by atoms with Crippen molar-refractivity contribution >= 4 is 22.6 Å². The lowest BCUT2D eigenvalue weighted by Crippen LogP contribution is -2.50. The third-order valence-electron chi connectivity index (χ3n) is 4.30. The number of piperazine rings is 1. The van der Waals surface area contributed by atoms with Crippen LogP contribution >= 0.6 is 0 Å². The van der Waals surface area contributed by atoms with Crippen LogP contribution in [-0.2, 0) is 16.0 Å². The maximum absolute atomic E-state index is 12.5. The molecule has 1 aliphatic heterocycles. The smallest absolute Gasteiger partial charge is 0.227 e. The van der Waals surface area contributed by atoms with Gasteiger partial charge in [-0.15, -0.1) is 0 Å². The summed E-state index contributed by atoms with van der Waals surface area (Å²) in [6, 6.07) is 14.2. The van der Waals surface area contributed by atoms with Crippen LogP contribution in [0.15, 0.2) is 42.5 Å². The van der Waals surface area contributed by atoms with E-state index in [1.165, 1.54) is 0 Å². The lowest BCUT2D eigenvalue weighted by Gasteiger charge is -2.34. The summed E-state index contributed by atoms with van der Waals surface area (Å²) in [5.74, 6) is 0.223. The van der Waals surface area contributed by atoms with Crippen molar-refractivity contribution in [3.05, 3.63) is 48.0 Å². The second kappa shape index (κ2) is 6.18. The number of benzene rings is 2. The molecule has 0 bridgehead atoms. The number of fused-ring (bicyclic) bond motifs is 1. The monoisotopic (exact) mass is 296 g/mol. The Labute approximate surface area is 130 Å². The van der Waals surface area contributed by atoms with Gasteiger partial charge in [-0.05, 0) is 16.3 Å². The number of hydrogen-bond acceptors (Lipinski definition) is 2. The highest BCUT2D eigenvalue weighted by Crippen LogP contribution is 2.19. The normalized spacial score (nSPS) is 15.1. The van der Waals surface area contributed by atoms with Crippen LogP contribution in [0.4, 0.5) is 0 Å². The second-order valence-electron chi connectivity index (χ2n) is 5.70. The van der Waals surface area contributed by atoms with Gasteiger partial charge in [-0.3, -0.25) is 9.59 Å². The van der Waals surface area contributed by atoms with E-state index in [2.05, 4.69) is 18.2 Å². The summed E-state index contributed by atoms with van der Waals surface area (Å²) in [5, 5.41) is 2.30. The first kappa shape index (κ1) is 14.6. The number of rotatable bonds is 2. The van der Waals surface area contributed by atoms with E-state index in [1.54, 1.807) is 11.8 Å². The molecule has 0 aromatic heterocycles. The first-order valence-corrected chi connectivity index (χ1v) is 7.65. The van der Waals surface area contributed by atoms with Crippen molar-refractivity contribution in [1.82, 2.24) is 9.80 Å². The Kier molecular flexibility index (Phi) is 4.09. The van der Waals surface area contributed by atoms with Gasteiger partial charge in [0, 0.05) is 33.1 Å². The SMILES string of the molecule is CC(=O)N1CCN(C(=O)Cc2cccc3ccccc23)CC1. The van der Waals surface area contributed by atoms with Gasteiger partial charge in [0.1, 0.15) is 0 Å². The summed E-state index contributed by atoms with van der Waals surface area (Å²) in [7, 11) is 0. The Balaban J connectivity index is 1.70. The summed E-state index contributed by atoms with van der Waals surface area (Å²) < 4.78 is 0. The number of amides is 2. The molecule has 0 spiro atoms. The molecule has 1 aliphatic rings. The molecule has 1 saturated heterocycles. The molecule has 0 radical (unpaired) electrons. The molecule has 0 atom stereocenters. The molecule has 114 valence electrons. The number of nitrogens with zero attached hydrogens (tertiary/aromatic N) is 2. The van der Waals surface area contributed by atoms with Crippen LogP contribution < -0.4 is 0 Å². The van der Waals surface area contributed by atoms with Gasteiger partial charge in [0.15, 0.2) is 0 Å². The molecule has 2 aromatic rings. The Hall–Kier alpha value is -2.36. The minimum atomic E-state index is 0.0844. The molecule has 0 saturated carbocycles. The molecule has 0 aliphatic carbocycles. The van der Waals surface area contributed by atoms with Gasteiger partial charge >= 0.3 is 0 Å². The highest BCUT2D eigenvalue weighted by atomic mass is 16.2. The molecule has 4 nitrogen and oxygen atoms in total. The predicted octanol–water partition coefficient (Wildman–Crippen LogP) is 2.07. The highest BCUT2D eigenvalue weighted by Gasteiger charge is 2.22. The molecule has 1 heterocycles. The van der Waals surface area contributed by atoms with E-state index >= 15 is 0 Å². The average Bonchev–Trinajstić information content (AvgIpc) is 2.55. The van der Waals surface area contributed by atoms with E-state index in [-0.39, 0.29) is 11.8 Å². The van der Waals surface area contributed by atoms with E-state index in [9.17, 15) is 9.59 Å². The molecule has 0 N–H and O–H groups in total. The maximum atomic E-state index is 12.5. The Morgan fingerprint density at radius 1 is 0.909 bits per heavy atom. The summed E-state index contributed by atoms with van der Waals surface area (Å²) >= 11 is 0. The van der Waals surface area contributed by atoms with Crippen LogP contribution in [0, 0.1) is 0 Å². The first-order chi connectivity index (χ1) is 10.6.